The molecule has 1 aromatic heterocycles. The Labute approximate surface area is 122 Å². The first-order valence-corrected chi connectivity index (χ1v) is 6.40. The van der Waals surface area contributed by atoms with Crippen molar-refractivity contribution in [3.63, 3.8) is 0 Å². The minimum atomic E-state index is -0.133. The number of carbonyl (C=O) groups excluding carboxylic acids is 1. The molecule has 6 heteroatoms. The van der Waals surface area contributed by atoms with Gasteiger partial charge in [0.25, 0.3) is 0 Å². The molecule has 0 saturated heterocycles. The van der Waals surface area contributed by atoms with Crippen LogP contribution in [0.3, 0.4) is 0 Å². The summed E-state index contributed by atoms with van der Waals surface area (Å²) >= 11 is 5.79. The number of aromatic nitrogens is 1. The molecule has 0 aliphatic heterocycles. The number of rotatable bonds is 4. The molecule has 0 atom stereocenters. The first kappa shape index (κ1) is 14.1. The smallest absolute Gasteiger partial charge is 0.243 e. The lowest BCUT2D eigenvalue weighted by molar-refractivity contribution is -0.114. The van der Waals surface area contributed by atoms with E-state index < -0.39 is 0 Å². The molecule has 5 nitrogen and oxygen atoms in total. The molecule has 1 amide bonds. The summed E-state index contributed by atoms with van der Waals surface area (Å²) in [5.74, 6) is -0.133. The predicted octanol–water partition coefficient (Wildman–Crippen LogP) is 2.39. The summed E-state index contributed by atoms with van der Waals surface area (Å²) in [5, 5.41) is 3.42. The van der Waals surface area contributed by atoms with Crippen molar-refractivity contribution in [3.8, 4) is 0 Å². The fraction of sp³-hybridized carbons (Fsp3) is 0.143. The standard InChI is InChI=1S/C14H15ClN4O/c1-19(13-6-7-17-8-12(13)16)9-14(20)18-11-4-2-10(15)3-5-11/h2-8H,9,16H2,1H3,(H,18,20). The van der Waals surface area contributed by atoms with Gasteiger partial charge in [-0.25, -0.2) is 0 Å². The van der Waals surface area contributed by atoms with Gasteiger partial charge in [0, 0.05) is 24.0 Å². The van der Waals surface area contributed by atoms with Gasteiger partial charge >= 0.3 is 0 Å². The maximum absolute atomic E-state index is 12.0. The Morgan fingerprint density at radius 2 is 2.05 bits per heavy atom. The SMILES string of the molecule is CN(CC(=O)Nc1ccc(Cl)cc1)c1ccncc1N. The zero-order chi connectivity index (χ0) is 14.5. The number of carbonyl (C=O) groups is 1. The van der Waals surface area contributed by atoms with Crippen molar-refractivity contribution in [2.75, 3.05) is 29.5 Å². The second-order valence-corrected chi connectivity index (χ2v) is 4.78. The molecule has 20 heavy (non-hydrogen) atoms. The van der Waals surface area contributed by atoms with E-state index in [9.17, 15) is 4.79 Å². The summed E-state index contributed by atoms with van der Waals surface area (Å²) in [6.07, 6.45) is 3.20. The fourth-order valence-electron chi connectivity index (χ4n) is 1.78. The zero-order valence-corrected chi connectivity index (χ0v) is 11.8. The van der Waals surface area contributed by atoms with Gasteiger partial charge in [0.2, 0.25) is 5.91 Å². The lowest BCUT2D eigenvalue weighted by Gasteiger charge is -2.20. The van der Waals surface area contributed by atoms with Gasteiger partial charge in [-0.2, -0.15) is 0 Å². The van der Waals surface area contributed by atoms with Crippen LogP contribution in [-0.2, 0) is 4.79 Å². The minimum absolute atomic E-state index is 0.133. The number of hydrogen-bond donors (Lipinski definition) is 2. The summed E-state index contributed by atoms with van der Waals surface area (Å²) in [5.41, 5.74) is 7.83. The third kappa shape index (κ3) is 3.61. The van der Waals surface area contributed by atoms with Gasteiger partial charge in [0.15, 0.2) is 0 Å². The molecule has 0 fully saturated rings. The van der Waals surface area contributed by atoms with E-state index in [1.54, 1.807) is 54.7 Å². The van der Waals surface area contributed by atoms with Crippen molar-refractivity contribution in [2.24, 2.45) is 0 Å². The quantitative estimate of drug-likeness (QED) is 0.907. The molecule has 104 valence electrons. The highest BCUT2D eigenvalue weighted by Crippen LogP contribution is 2.19. The topological polar surface area (TPSA) is 71.2 Å². The largest absolute Gasteiger partial charge is 0.396 e. The molecular formula is C14H15ClN4O. The zero-order valence-electron chi connectivity index (χ0n) is 11.0. The van der Waals surface area contributed by atoms with Crippen LogP contribution in [0.5, 0.6) is 0 Å². The highest BCUT2D eigenvalue weighted by atomic mass is 35.5. The molecule has 0 bridgehead atoms. The average molecular weight is 291 g/mol. The Bertz CT molecular complexity index is 600. The number of nitrogen functional groups attached to an aromatic ring is 1. The lowest BCUT2D eigenvalue weighted by Crippen LogP contribution is -2.30. The van der Waals surface area contributed by atoms with Gasteiger partial charge < -0.3 is 16.0 Å². The molecule has 0 aliphatic carbocycles. The Morgan fingerprint density at radius 1 is 1.35 bits per heavy atom. The van der Waals surface area contributed by atoms with Crippen LogP contribution in [0, 0.1) is 0 Å². The molecule has 0 spiro atoms. The van der Waals surface area contributed by atoms with Gasteiger partial charge in [-0.3, -0.25) is 9.78 Å². The van der Waals surface area contributed by atoms with E-state index in [1.807, 2.05) is 0 Å². The number of likely N-dealkylation sites (N-methyl/N-ethyl adjacent to an activating group) is 1. The summed E-state index contributed by atoms with van der Waals surface area (Å²) in [4.78, 5) is 17.6. The molecule has 1 heterocycles. The van der Waals surface area contributed by atoms with Crippen LogP contribution in [-0.4, -0.2) is 24.5 Å². The number of anilines is 3. The fourth-order valence-corrected chi connectivity index (χ4v) is 1.91. The van der Waals surface area contributed by atoms with Crippen molar-refractivity contribution >= 4 is 34.6 Å². The molecule has 0 radical (unpaired) electrons. The number of hydrogen-bond acceptors (Lipinski definition) is 4. The number of amides is 1. The monoisotopic (exact) mass is 290 g/mol. The van der Waals surface area contributed by atoms with Crippen molar-refractivity contribution in [2.45, 2.75) is 0 Å². The van der Waals surface area contributed by atoms with Gasteiger partial charge in [-0.15, -0.1) is 0 Å². The van der Waals surface area contributed by atoms with E-state index in [2.05, 4.69) is 10.3 Å². The van der Waals surface area contributed by atoms with Crippen LogP contribution >= 0.6 is 11.6 Å². The first-order chi connectivity index (χ1) is 9.56. The average Bonchev–Trinajstić information content (AvgIpc) is 2.41. The molecule has 0 aliphatic rings. The van der Waals surface area contributed by atoms with Crippen LogP contribution in [0.2, 0.25) is 5.02 Å². The second-order valence-electron chi connectivity index (χ2n) is 4.35. The molecule has 3 N–H and O–H groups in total. The maximum Gasteiger partial charge on any atom is 0.243 e. The highest BCUT2D eigenvalue weighted by molar-refractivity contribution is 6.30. The molecule has 1 aromatic carbocycles. The summed E-state index contributed by atoms with van der Waals surface area (Å²) in [6.45, 7) is 0.191. The lowest BCUT2D eigenvalue weighted by atomic mass is 10.3. The Kier molecular flexibility index (Phi) is 4.42. The molecule has 0 saturated carbocycles. The molecular weight excluding hydrogens is 276 g/mol. The maximum atomic E-state index is 12.0. The van der Waals surface area contributed by atoms with Crippen LogP contribution < -0.4 is 16.0 Å². The van der Waals surface area contributed by atoms with E-state index in [0.717, 1.165) is 5.69 Å². The molecule has 0 unspecified atom stereocenters. The van der Waals surface area contributed by atoms with Crippen molar-refractivity contribution in [1.82, 2.24) is 4.98 Å². The Balaban J connectivity index is 1.98. The van der Waals surface area contributed by atoms with E-state index in [-0.39, 0.29) is 12.5 Å². The number of pyridine rings is 1. The number of nitrogens with zero attached hydrogens (tertiary/aromatic N) is 2. The number of benzene rings is 1. The normalized spacial score (nSPS) is 10.1. The van der Waals surface area contributed by atoms with E-state index in [1.165, 1.54) is 0 Å². The van der Waals surface area contributed by atoms with E-state index >= 15 is 0 Å². The van der Waals surface area contributed by atoms with Crippen molar-refractivity contribution in [1.29, 1.82) is 0 Å². The van der Waals surface area contributed by atoms with E-state index in [4.69, 9.17) is 17.3 Å². The van der Waals surface area contributed by atoms with Gasteiger partial charge in [-0.1, -0.05) is 11.6 Å². The van der Waals surface area contributed by atoms with Gasteiger partial charge in [-0.05, 0) is 30.3 Å². The molecule has 2 aromatic rings. The second kappa shape index (κ2) is 6.25. The van der Waals surface area contributed by atoms with Crippen molar-refractivity contribution in [3.05, 3.63) is 47.7 Å². The Morgan fingerprint density at radius 3 is 2.70 bits per heavy atom. The number of nitrogens with one attached hydrogen (secondary N) is 1. The third-order valence-corrected chi connectivity index (χ3v) is 3.00. The number of nitrogens with two attached hydrogens (primary N) is 1. The first-order valence-electron chi connectivity index (χ1n) is 6.02. The van der Waals surface area contributed by atoms with Crippen LogP contribution in [0.15, 0.2) is 42.7 Å². The summed E-state index contributed by atoms with van der Waals surface area (Å²) < 4.78 is 0. The van der Waals surface area contributed by atoms with Crippen LogP contribution in [0.1, 0.15) is 0 Å². The van der Waals surface area contributed by atoms with E-state index in [0.29, 0.717) is 16.4 Å². The highest BCUT2D eigenvalue weighted by Gasteiger charge is 2.10. The minimum Gasteiger partial charge on any atom is -0.396 e. The van der Waals surface area contributed by atoms with Crippen LogP contribution in [0.4, 0.5) is 17.1 Å². The predicted molar refractivity (Wildman–Crippen MR) is 82.0 cm³/mol. The van der Waals surface area contributed by atoms with Crippen molar-refractivity contribution < 1.29 is 4.79 Å². The van der Waals surface area contributed by atoms with Gasteiger partial charge in [0.1, 0.15) is 0 Å². The summed E-state index contributed by atoms with van der Waals surface area (Å²) in [7, 11) is 1.80. The van der Waals surface area contributed by atoms with Gasteiger partial charge in [0.05, 0.1) is 24.1 Å². The summed E-state index contributed by atoms with van der Waals surface area (Å²) in [6, 6.07) is 8.72. The third-order valence-electron chi connectivity index (χ3n) is 2.75. The molecule has 2 rings (SSSR count). The van der Waals surface area contributed by atoms with Crippen LogP contribution in [0.25, 0.3) is 0 Å². The Hall–Kier alpha value is -2.27. The number of halogens is 1.